The molecule has 0 fully saturated rings. The van der Waals surface area contributed by atoms with Crippen molar-refractivity contribution in [1.82, 2.24) is 0 Å². The lowest BCUT2D eigenvalue weighted by atomic mass is 10.1. The monoisotopic (exact) mass is 334 g/mol. The first-order chi connectivity index (χ1) is 11.5. The van der Waals surface area contributed by atoms with Crippen molar-refractivity contribution in [1.29, 1.82) is 0 Å². The van der Waals surface area contributed by atoms with Crippen molar-refractivity contribution in [2.24, 2.45) is 5.92 Å². The summed E-state index contributed by atoms with van der Waals surface area (Å²) in [6, 6.07) is 6.41. The van der Waals surface area contributed by atoms with Gasteiger partial charge in [0.05, 0.1) is 13.7 Å². The van der Waals surface area contributed by atoms with Crippen LogP contribution in [0.5, 0.6) is 11.5 Å². The van der Waals surface area contributed by atoms with E-state index in [0.717, 1.165) is 12.8 Å². The second-order valence-electron chi connectivity index (χ2n) is 6.20. The van der Waals surface area contributed by atoms with Gasteiger partial charge < -0.3 is 13.9 Å². The van der Waals surface area contributed by atoms with Gasteiger partial charge in [-0.15, -0.1) is 0 Å². The maximum Gasteiger partial charge on any atom is 0.208 e. The van der Waals surface area contributed by atoms with E-state index < -0.39 is 11.6 Å². The van der Waals surface area contributed by atoms with E-state index in [0.29, 0.717) is 23.3 Å². The molecule has 0 unspecified atom stereocenters. The Balaban J connectivity index is 1.96. The van der Waals surface area contributed by atoms with Gasteiger partial charge in [-0.2, -0.15) is 8.78 Å². The summed E-state index contributed by atoms with van der Waals surface area (Å²) in [5, 5.41) is 1.02. The van der Waals surface area contributed by atoms with Crippen LogP contribution in [-0.4, -0.2) is 13.7 Å². The zero-order valence-corrected chi connectivity index (χ0v) is 14.0. The van der Waals surface area contributed by atoms with Crippen LogP contribution in [0.1, 0.15) is 26.7 Å². The SMILES string of the molecule is COc1ccc2c(oc3c(F)c(OCCCC(C)C)ccc32)c1F. The Bertz CT molecular complexity index is 868. The highest BCUT2D eigenvalue weighted by atomic mass is 19.1. The van der Waals surface area contributed by atoms with E-state index in [-0.39, 0.29) is 22.7 Å². The van der Waals surface area contributed by atoms with Gasteiger partial charge in [0.2, 0.25) is 11.6 Å². The second-order valence-corrected chi connectivity index (χ2v) is 6.20. The predicted octanol–water partition coefficient (Wildman–Crippen LogP) is 5.69. The van der Waals surface area contributed by atoms with Crippen molar-refractivity contribution in [3.63, 3.8) is 0 Å². The third-order valence-electron chi connectivity index (χ3n) is 4.02. The number of methoxy groups -OCH3 is 1. The molecule has 24 heavy (non-hydrogen) atoms. The molecule has 3 rings (SSSR count). The van der Waals surface area contributed by atoms with E-state index in [4.69, 9.17) is 13.9 Å². The fourth-order valence-corrected chi connectivity index (χ4v) is 2.74. The van der Waals surface area contributed by atoms with E-state index >= 15 is 0 Å². The summed E-state index contributed by atoms with van der Waals surface area (Å²) in [4.78, 5) is 0. The van der Waals surface area contributed by atoms with Crippen molar-refractivity contribution in [3.8, 4) is 11.5 Å². The van der Waals surface area contributed by atoms with Crippen molar-refractivity contribution < 1.29 is 22.7 Å². The Morgan fingerprint density at radius 2 is 1.54 bits per heavy atom. The molecular formula is C19H20F2O3. The summed E-state index contributed by atoms with van der Waals surface area (Å²) in [6.45, 7) is 4.69. The molecule has 0 saturated heterocycles. The lowest BCUT2D eigenvalue weighted by Crippen LogP contribution is -2.01. The van der Waals surface area contributed by atoms with Crippen molar-refractivity contribution >= 4 is 21.9 Å². The van der Waals surface area contributed by atoms with Crippen LogP contribution in [0.4, 0.5) is 8.78 Å². The van der Waals surface area contributed by atoms with E-state index in [9.17, 15) is 8.78 Å². The van der Waals surface area contributed by atoms with Crippen LogP contribution in [-0.2, 0) is 0 Å². The summed E-state index contributed by atoms with van der Waals surface area (Å²) in [7, 11) is 1.37. The Kier molecular flexibility index (Phi) is 4.60. The Morgan fingerprint density at radius 1 is 0.958 bits per heavy atom. The van der Waals surface area contributed by atoms with Crippen molar-refractivity contribution in [2.45, 2.75) is 26.7 Å². The first kappa shape index (κ1) is 16.6. The molecule has 0 N–H and O–H groups in total. The molecule has 2 aromatic carbocycles. The average molecular weight is 334 g/mol. The van der Waals surface area contributed by atoms with Gasteiger partial charge in [0.25, 0.3) is 0 Å². The van der Waals surface area contributed by atoms with Gasteiger partial charge in [0.1, 0.15) is 0 Å². The Morgan fingerprint density at radius 3 is 2.12 bits per heavy atom. The molecule has 3 nitrogen and oxygen atoms in total. The van der Waals surface area contributed by atoms with Crippen LogP contribution >= 0.6 is 0 Å². The number of rotatable bonds is 6. The van der Waals surface area contributed by atoms with Crippen LogP contribution < -0.4 is 9.47 Å². The van der Waals surface area contributed by atoms with E-state index in [2.05, 4.69) is 13.8 Å². The molecule has 0 bridgehead atoms. The Labute approximate surface area is 139 Å². The predicted molar refractivity (Wildman–Crippen MR) is 89.8 cm³/mol. The highest BCUT2D eigenvalue weighted by Gasteiger charge is 2.19. The smallest absolute Gasteiger partial charge is 0.208 e. The number of benzene rings is 2. The molecule has 0 aliphatic heterocycles. The van der Waals surface area contributed by atoms with Crippen LogP contribution in [0.15, 0.2) is 28.7 Å². The molecule has 0 radical (unpaired) electrons. The highest BCUT2D eigenvalue weighted by Crippen LogP contribution is 2.37. The average Bonchev–Trinajstić information content (AvgIpc) is 2.94. The number of halogens is 2. The van der Waals surface area contributed by atoms with Gasteiger partial charge in [-0.25, -0.2) is 0 Å². The summed E-state index contributed by atoms with van der Waals surface area (Å²) >= 11 is 0. The second kappa shape index (κ2) is 6.67. The molecule has 3 aromatic rings. The lowest BCUT2D eigenvalue weighted by molar-refractivity contribution is 0.284. The lowest BCUT2D eigenvalue weighted by Gasteiger charge is -2.08. The van der Waals surface area contributed by atoms with E-state index in [1.807, 2.05) is 0 Å². The largest absolute Gasteiger partial charge is 0.494 e. The van der Waals surface area contributed by atoms with Crippen LogP contribution in [0.3, 0.4) is 0 Å². The molecule has 1 heterocycles. The standard InChI is InChI=1S/C19H20F2O3/c1-11(2)5-4-10-23-15-9-7-13-12-6-8-14(22-3)16(20)18(12)24-19(13)17(15)21/h6-9,11H,4-5,10H2,1-3H3. The molecule has 0 amide bonds. The number of hydrogen-bond acceptors (Lipinski definition) is 3. The van der Waals surface area contributed by atoms with Crippen LogP contribution in [0, 0.1) is 17.6 Å². The molecule has 0 aliphatic carbocycles. The number of fused-ring (bicyclic) bond motifs is 3. The van der Waals surface area contributed by atoms with Gasteiger partial charge in [0, 0.05) is 10.8 Å². The molecule has 0 saturated carbocycles. The van der Waals surface area contributed by atoms with Crippen LogP contribution in [0.25, 0.3) is 21.9 Å². The third-order valence-corrected chi connectivity index (χ3v) is 4.02. The zero-order valence-electron chi connectivity index (χ0n) is 14.0. The fourth-order valence-electron chi connectivity index (χ4n) is 2.74. The van der Waals surface area contributed by atoms with Gasteiger partial charge in [-0.05, 0) is 43.0 Å². The molecular weight excluding hydrogens is 314 g/mol. The number of ether oxygens (including phenoxy) is 2. The third kappa shape index (κ3) is 2.90. The molecule has 0 aliphatic rings. The maximum absolute atomic E-state index is 14.6. The minimum absolute atomic E-state index is 0.00138. The minimum atomic E-state index is -0.634. The first-order valence-electron chi connectivity index (χ1n) is 8.03. The maximum atomic E-state index is 14.6. The van der Waals surface area contributed by atoms with Gasteiger partial charge in [-0.3, -0.25) is 0 Å². The number of hydrogen-bond donors (Lipinski definition) is 0. The number of furan rings is 1. The van der Waals surface area contributed by atoms with Gasteiger partial charge in [0.15, 0.2) is 22.7 Å². The van der Waals surface area contributed by atoms with E-state index in [1.54, 1.807) is 18.2 Å². The van der Waals surface area contributed by atoms with Gasteiger partial charge >= 0.3 is 0 Å². The first-order valence-corrected chi connectivity index (χ1v) is 8.03. The highest BCUT2D eigenvalue weighted by molar-refractivity contribution is 6.06. The molecule has 0 spiro atoms. The summed E-state index contributed by atoms with van der Waals surface area (Å²) in [5.74, 6) is -0.476. The van der Waals surface area contributed by atoms with Gasteiger partial charge in [-0.1, -0.05) is 13.8 Å². The van der Waals surface area contributed by atoms with Crippen LogP contribution in [0.2, 0.25) is 0 Å². The zero-order chi connectivity index (χ0) is 17.3. The minimum Gasteiger partial charge on any atom is -0.494 e. The molecule has 5 heteroatoms. The quantitative estimate of drug-likeness (QED) is 0.543. The molecule has 128 valence electrons. The van der Waals surface area contributed by atoms with E-state index in [1.165, 1.54) is 13.2 Å². The normalized spacial score (nSPS) is 11.6. The Hall–Kier alpha value is -2.30. The summed E-state index contributed by atoms with van der Waals surface area (Å²) < 4.78 is 44.8. The summed E-state index contributed by atoms with van der Waals surface area (Å²) in [5.41, 5.74) is -0.0151. The van der Waals surface area contributed by atoms with Crippen molar-refractivity contribution in [3.05, 3.63) is 35.9 Å². The van der Waals surface area contributed by atoms with Crippen molar-refractivity contribution in [2.75, 3.05) is 13.7 Å². The topological polar surface area (TPSA) is 31.6 Å². The summed E-state index contributed by atoms with van der Waals surface area (Å²) in [6.07, 6.45) is 1.86. The fraction of sp³-hybridized carbons (Fsp3) is 0.368. The molecule has 0 atom stereocenters. The molecule has 1 aromatic heterocycles.